The lowest BCUT2D eigenvalue weighted by molar-refractivity contribution is 0.0519. The SMILES string of the molecule is Cl.NCCOCCOCCNC(=O)O. The Kier molecular flexibility index (Phi) is 14.1. The summed E-state index contributed by atoms with van der Waals surface area (Å²) in [6.45, 7) is 2.63. The highest BCUT2D eigenvalue weighted by atomic mass is 35.5. The van der Waals surface area contributed by atoms with Crippen molar-refractivity contribution in [3.63, 3.8) is 0 Å². The van der Waals surface area contributed by atoms with E-state index in [1.165, 1.54) is 0 Å². The summed E-state index contributed by atoms with van der Waals surface area (Å²) in [7, 11) is 0. The van der Waals surface area contributed by atoms with E-state index < -0.39 is 6.09 Å². The van der Waals surface area contributed by atoms with Gasteiger partial charge in [-0.1, -0.05) is 0 Å². The van der Waals surface area contributed by atoms with E-state index >= 15 is 0 Å². The second-order valence-electron chi connectivity index (χ2n) is 2.25. The maximum Gasteiger partial charge on any atom is 0.404 e. The molecule has 7 heteroatoms. The fourth-order valence-electron chi connectivity index (χ4n) is 0.635. The van der Waals surface area contributed by atoms with E-state index in [-0.39, 0.29) is 12.4 Å². The van der Waals surface area contributed by atoms with Crippen LogP contribution in [-0.2, 0) is 9.47 Å². The van der Waals surface area contributed by atoms with Crippen molar-refractivity contribution in [1.29, 1.82) is 0 Å². The lowest BCUT2D eigenvalue weighted by atomic mass is 10.6. The summed E-state index contributed by atoms with van der Waals surface area (Å²) in [6.07, 6.45) is -1.04. The number of halogens is 1. The van der Waals surface area contributed by atoms with Crippen LogP contribution in [0.3, 0.4) is 0 Å². The smallest absolute Gasteiger partial charge is 0.404 e. The Hall–Kier alpha value is -0.560. The maximum absolute atomic E-state index is 9.97. The van der Waals surface area contributed by atoms with Crippen molar-refractivity contribution < 1.29 is 19.4 Å². The van der Waals surface area contributed by atoms with Crippen LogP contribution in [0.5, 0.6) is 0 Å². The number of amides is 1. The van der Waals surface area contributed by atoms with Crippen molar-refractivity contribution in [2.24, 2.45) is 5.73 Å². The number of rotatable bonds is 8. The zero-order valence-electron chi connectivity index (χ0n) is 7.90. The molecule has 0 aromatic heterocycles. The van der Waals surface area contributed by atoms with Gasteiger partial charge in [0.05, 0.1) is 26.4 Å². The number of nitrogens with two attached hydrogens (primary N) is 1. The van der Waals surface area contributed by atoms with E-state index in [4.69, 9.17) is 20.3 Å². The molecule has 0 radical (unpaired) electrons. The van der Waals surface area contributed by atoms with E-state index in [1.54, 1.807) is 0 Å². The van der Waals surface area contributed by atoms with Gasteiger partial charge >= 0.3 is 6.09 Å². The van der Waals surface area contributed by atoms with E-state index in [9.17, 15) is 4.79 Å². The van der Waals surface area contributed by atoms with Crippen molar-refractivity contribution >= 4 is 18.5 Å². The van der Waals surface area contributed by atoms with Gasteiger partial charge in [0.2, 0.25) is 0 Å². The zero-order chi connectivity index (χ0) is 9.94. The van der Waals surface area contributed by atoms with Crippen LogP contribution in [-0.4, -0.2) is 50.7 Å². The number of hydrogen-bond donors (Lipinski definition) is 3. The second kappa shape index (κ2) is 12.4. The summed E-state index contributed by atoms with van der Waals surface area (Å²) in [5, 5.41) is 10.4. The third kappa shape index (κ3) is 14.0. The first-order valence-electron chi connectivity index (χ1n) is 4.09. The maximum atomic E-state index is 9.97. The lowest BCUT2D eigenvalue weighted by Crippen LogP contribution is -2.25. The van der Waals surface area contributed by atoms with Crippen LogP contribution in [0.2, 0.25) is 0 Å². The molecule has 6 nitrogen and oxygen atoms in total. The molecule has 0 rings (SSSR count). The van der Waals surface area contributed by atoms with Crippen LogP contribution in [0.15, 0.2) is 0 Å². The first-order chi connectivity index (χ1) is 6.27. The van der Waals surface area contributed by atoms with Gasteiger partial charge in [0, 0.05) is 13.1 Å². The second-order valence-corrected chi connectivity index (χ2v) is 2.25. The van der Waals surface area contributed by atoms with Crippen LogP contribution in [0.25, 0.3) is 0 Å². The molecule has 0 unspecified atom stereocenters. The van der Waals surface area contributed by atoms with E-state index in [2.05, 4.69) is 5.32 Å². The topological polar surface area (TPSA) is 93.8 Å². The highest BCUT2D eigenvalue weighted by Crippen LogP contribution is 1.77. The molecule has 0 aliphatic carbocycles. The fraction of sp³-hybridized carbons (Fsp3) is 0.857. The summed E-state index contributed by atoms with van der Waals surface area (Å²) in [4.78, 5) is 9.97. The number of ether oxygens (including phenoxy) is 2. The van der Waals surface area contributed by atoms with Crippen LogP contribution in [0, 0.1) is 0 Å². The molecule has 0 atom stereocenters. The average Bonchev–Trinajstić information content (AvgIpc) is 2.09. The van der Waals surface area contributed by atoms with Gasteiger partial charge in [0.25, 0.3) is 0 Å². The molecular formula is C7H17ClN2O4. The minimum Gasteiger partial charge on any atom is -0.465 e. The highest BCUT2D eigenvalue weighted by Gasteiger charge is 1.92. The van der Waals surface area contributed by atoms with E-state index in [0.29, 0.717) is 39.5 Å². The molecule has 14 heavy (non-hydrogen) atoms. The molecule has 0 spiro atoms. The van der Waals surface area contributed by atoms with Gasteiger partial charge in [0.15, 0.2) is 0 Å². The molecule has 0 aliphatic heterocycles. The van der Waals surface area contributed by atoms with E-state index in [0.717, 1.165) is 0 Å². The monoisotopic (exact) mass is 228 g/mol. The average molecular weight is 229 g/mol. The molecule has 0 fully saturated rings. The Balaban J connectivity index is 0. The van der Waals surface area contributed by atoms with Gasteiger partial charge in [-0.05, 0) is 0 Å². The highest BCUT2D eigenvalue weighted by molar-refractivity contribution is 5.85. The van der Waals surface area contributed by atoms with Crippen LogP contribution >= 0.6 is 12.4 Å². The van der Waals surface area contributed by atoms with Gasteiger partial charge in [-0.2, -0.15) is 0 Å². The van der Waals surface area contributed by atoms with Crippen molar-refractivity contribution in [3.05, 3.63) is 0 Å². The molecule has 4 N–H and O–H groups in total. The van der Waals surface area contributed by atoms with Crippen molar-refractivity contribution in [1.82, 2.24) is 5.32 Å². The molecule has 0 aromatic rings. The number of nitrogens with one attached hydrogen (secondary N) is 1. The standard InChI is InChI=1S/C7H16N2O4.ClH/c8-1-3-12-5-6-13-4-2-9-7(10)11;/h9H,1-6,8H2,(H,10,11);1H. The molecule has 0 aromatic carbocycles. The third-order valence-corrected chi connectivity index (χ3v) is 1.16. The minimum atomic E-state index is -1.04. The van der Waals surface area contributed by atoms with Crippen molar-refractivity contribution in [2.75, 3.05) is 39.5 Å². The predicted molar refractivity (Wildman–Crippen MR) is 54.0 cm³/mol. The first kappa shape index (κ1) is 15.9. The van der Waals surface area contributed by atoms with Gasteiger partial charge < -0.3 is 25.6 Å². The molecule has 0 saturated heterocycles. The zero-order valence-corrected chi connectivity index (χ0v) is 8.72. The van der Waals surface area contributed by atoms with Gasteiger partial charge in [0.1, 0.15) is 0 Å². The summed E-state index contributed by atoms with van der Waals surface area (Å²) in [6, 6.07) is 0. The quantitative estimate of drug-likeness (QED) is 0.495. The molecule has 0 aliphatic rings. The van der Waals surface area contributed by atoms with Gasteiger partial charge in [-0.3, -0.25) is 0 Å². The summed E-state index contributed by atoms with van der Waals surface area (Å²) < 4.78 is 10.1. The molecule has 86 valence electrons. The molecule has 0 heterocycles. The Labute approximate surface area is 89.2 Å². The lowest BCUT2D eigenvalue weighted by Gasteiger charge is -2.04. The minimum absolute atomic E-state index is 0. The summed E-state index contributed by atoms with van der Waals surface area (Å²) >= 11 is 0. The number of carbonyl (C=O) groups is 1. The fourth-order valence-corrected chi connectivity index (χ4v) is 0.635. The molecule has 1 amide bonds. The molecule has 0 saturated carbocycles. The van der Waals surface area contributed by atoms with Crippen molar-refractivity contribution in [2.45, 2.75) is 0 Å². The van der Waals surface area contributed by atoms with Gasteiger partial charge in [-0.15, -0.1) is 12.4 Å². The normalized spacial score (nSPS) is 9.21. The largest absolute Gasteiger partial charge is 0.465 e. The predicted octanol–water partition coefficient (Wildman–Crippen LogP) is -0.332. The third-order valence-electron chi connectivity index (χ3n) is 1.16. The Morgan fingerprint density at radius 2 is 1.79 bits per heavy atom. The molecular weight excluding hydrogens is 212 g/mol. The van der Waals surface area contributed by atoms with E-state index in [1.807, 2.05) is 0 Å². The Morgan fingerprint density at radius 1 is 1.21 bits per heavy atom. The number of carboxylic acid groups (broad SMARTS) is 1. The summed E-state index contributed by atoms with van der Waals surface area (Å²) in [5.41, 5.74) is 5.18. The molecule has 0 bridgehead atoms. The van der Waals surface area contributed by atoms with Crippen LogP contribution < -0.4 is 11.1 Å². The summed E-state index contributed by atoms with van der Waals surface area (Å²) in [5.74, 6) is 0. The van der Waals surface area contributed by atoms with Crippen molar-refractivity contribution in [3.8, 4) is 0 Å². The first-order valence-corrected chi connectivity index (χ1v) is 4.09. The Morgan fingerprint density at radius 3 is 2.29 bits per heavy atom. The Bertz CT molecular complexity index is 137. The van der Waals surface area contributed by atoms with Gasteiger partial charge in [-0.25, -0.2) is 4.79 Å². The number of hydrogen-bond acceptors (Lipinski definition) is 4. The van der Waals surface area contributed by atoms with Crippen LogP contribution in [0.4, 0.5) is 4.79 Å². The van der Waals surface area contributed by atoms with Crippen LogP contribution in [0.1, 0.15) is 0 Å².